The normalized spacial score (nSPS) is 19.6. The molecule has 36 heavy (non-hydrogen) atoms. The van der Waals surface area contributed by atoms with Crippen LogP contribution >= 0.6 is 0 Å². The number of nitrogens with zero attached hydrogens (tertiary/aromatic N) is 5. The molecule has 3 unspecified atom stereocenters. The maximum Gasteiger partial charge on any atom is 0.410 e. The van der Waals surface area contributed by atoms with Gasteiger partial charge in [0.15, 0.2) is 5.65 Å². The summed E-state index contributed by atoms with van der Waals surface area (Å²) in [7, 11) is 1.66. The van der Waals surface area contributed by atoms with Crippen LogP contribution in [0.4, 0.5) is 4.79 Å². The van der Waals surface area contributed by atoms with Crippen molar-refractivity contribution in [1.29, 1.82) is 0 Å². The number of hydrogen-bond donors (Lipinski definition) is 0. The first kappa shape index (κ1) is 23.8. The van der Waals surface area contributed by atoms with Gasteiger partial charge in [0.05, 0.1) is 25.0 Å². The van der Waals surface area contributed by atoms with Gasteiger partial charge in [0.25, 0.3) is 0 Å². The van der Waals surface area contributed by atoms with Crippen molar-refractivity contribution >= 4 is 11.7 Å². The van der Waals surface area contributed by atoms with Gasteiger partial charge in [-0.1, -0.05) is 19.1 Å². The number of hydrogen-bond acceptors (Lipinski definition) is 6. The van der Waals surface area contributed by atoms with E-state index in [0.717, 1.165) is 52.3 Å². The molecule has 1 aliphatic rings. The molecule has 3 atom stereocenters. The molecule has 0 spiro atoms. The van der Waals surface area contributed by atoms with E-state index < -0.39 is 0 Å². The smallest absolute Gasteiger partial charge is 0.410 e. The maximum absolute atomic E-state index is 12.8. The number of rotatable bonds is 6. The fraction of sp³-hybridized carbons (Fsp3) is 0.357. The number of benzene rings is 1. The third-order valence-electron chi connectivity index (χ3n) is 7.13. The largest absolute Gasteiger partial charge is 0.497 e. The van der Waals surface area contributed by atoms with Gasteiger partial charge in [-0.2, -0.15) is 5.10 Å². The van der Waals surface area contributed by atoms with Gasteiger partial charge < -0.3 is 14.4 Å². The molecule has 3 aromatic heterocycles. The van der Waals surface area contributed by atoms with E-state index >= 15 is 0 Å². The summed E-state index contributed by atoms with van der Waals surface area (Å²) < 4.78 is 12.8. The highest BCUT2D eigenvalue weighted by atomic mass is 16.6. The standard InChI is InChI=1S/C28H31N5O3/c1-5-21-17-23(18(3)32(21)28(34)36-6-2)24-12-15-30-27-25(20-8-7-9-22(16-20)35-4)26(31-33(24)27)19-10-13-29-14-11-19/h7-16,18,21,23H,5-6,17H2,1-4H3. The third-order valence-corrected chi connectivity index (χ3v) is 7.13. The zero-order valence-electron chi connectivity index (χ0n) is 21.1. The zero-order chi connectivity index (χ0) is 25.2. The number of pyridine rings is 1. The van der Waals surface area contributed by atoms with Crippen LogP contribution in [0.25, 0.3) is 28.0 Å². The second-order valence-electron chi connectivity index (χ2n) is 9.05. The van der Waals surface area contributed by atoms with Crippen molar-refractivity contribution in [3.05, 3.63) is 66.7 Å². The zero-order valence-corrected chi connectivity index (χ0v) is 21.1. The number of carbonyl (C=O) groups excluding carboxylic acids is 1. The summed E-state index contributed by atoms with van der Waals surface area (Å²) in [6, 6.07) is 14.0. The quantitative estimate of drug-likeness (QED) is 0.355. The van der Waals surface area contributed by atoms with Gasteiger partial charge in [0.1, 0.15) is 11.4 Å². The molecule has 4 aromatic rings. The van der Waals surface area contributed by atoms with E-state index in [-0.39, 0.29) is 24.1 Å². The number of likely N-dealkylation sites (tertiary alicyclic amines) is 1. The van der Waals surface area contributed by atoms with Crippen LogP contribution in [0.15, 0.2) is 61.1 Å². The molecular weight excluding hydrogens is 454 g/mol. The summed E-state index contributed by atoms with van der Waals surface area (Å²) in [5.74, 6) is 0.858. The van der Waals surface area contributed by atoms with Gasteiger partial charge in [-0.05, 0) is 62.6 Å². The lowest BCUT2D eigenvalue weighted by Gasteiger charge is -2.28. The van der Waals surface area contributed by atoms with Crippen molar-refractivity contribution in [3.63, 3.8) is 0 Å². The number of aromatic nitrogens is 4. The highest BCUT2D eigenvalue weighted by Gasteiger charge is 2.43. The lowest BCUT2D eigenvalue weighted by molar-refractivity contribution is 0.0888. The fourth-order valence-electron chi connectivity index (χ4n) is 5.37. The second kappa shape index (κ2) is 9.97. The molecule has 1 fully saturated rings. The van der Waals surface area contributed by atoms with Crippen LogP contribution in [0, 0.1) is 0 Å². The molecule has 0 bridgehead atoms. The van der Waals surface area contributed by atoms with Gasteiger partial charge in [0.2, 0.25) is 0 Å². The topological polar surface area (TPSA) is 81.8 Å². The Morgan fingerprint density at radius 3 is 2.61 bits per heavy atom. The molecule has 0 N–H and O–H groups in total. The van der Waals surface area contributed by atoms with Crippen molar-refractivity contribution in [2.45, 2.75) is 51.6 Å². The molecule has 4 heterocycles. The molecule has 1 saturated heterocycles. The summed E-state index contributed by atoms with van der Waals surface area (Å²) in [4.78, 5) is 23.7. The number of ether oxygens (including phenoxy) is 2. The molecule has 0 saturated carbocycles. The first-order chi connectivity index (χ1) is 17.6. The molecule has 1 aromatic carbocycles. The van der Waals surface area contributed by atoms with Crippen LogP contribution in [0.1, 0.15) is 45.2 Å². The summed E-state index contributed by atoms with van der Waals surface area (Å²) in [5, 5.41) is 5.10. The second-order valence-corrected chi connectivity index (χ2v) is 9.05. The average Bonchev–Trinajstić information content (AvgIpc) is 3.47. The Hall–Kier alpha value is -3.94. The predicted molar refractivity (Wildman–Crippen MR) is 138 cm³/mol. The average molecular weight is 486 g/mol. The van der Waals surface area contributed by atoms with Crippen LogP contribution in [0.5, 0.6) is 5.75 Å². The Bertz CT molecular complexity index is 1370. The van der Waals surface area contributed by atoms with Gasteiger partial charge in [-0.25, -0.2) is 14.3 Å². The van der Waals surface area contributed by atoms with Crippen LogP contribution in [0.3, 0.4) is 0 Å². The van der Waals surface area contributed by atoms with E-state index in [9.17, 15) is 4.79 Å². The molecule has 8 nitrogen and oxygen atoms in total. The van der Waals surface area contributed by atoms with E-state index in [1.54, 1.807) is 19.5 Å². The summed E-state index contributed by atoms with van der Waals surface area (Å²) in [6.45, 7) is 6.42. The fourth-order valence-corrected chi connectivity index (χ4v) is 5.37. The first-order valence-corrected chi connectivity index (χ1v) is 12.4. The number of fused-ring (bicyclic) bond motifs is 1. The van der Waals surface area contributed by atoms with Crippen LogP contribution in [-0.2, 0) is 4.74 Å². The van der Waals surface area contributed by atoms with E-state index in [2.05, 4.69) is 18.8 Å². The van der Waals surface area contributed by atoms with Gasteiger partial charge >= 0.3 is 6.09 Å². The molecular formula is C28H31N5O3. The Balaban J connectivity index is 1.69. The van der Waals surface area contributed by atoms with E-state index in [1.807, 2.05) is 65.0 Å². The van der Waals surface area contributed by atoms with Crippen LogP contribution < -0.4 is 4.74 Å². The highest BCUT2D eigenvalue weighted by Crippen LogP contribution is 2.41. The van der Waals surface area contributed by atoms with E-state index in [1.165, 1.54) is 0 Å². The SMILES string of the molecule is CCOC(=O)N1C(CC)CC(c2ccnc3c(-c4cccc(OC)c4)c(-c4ccncc4)nn23)C1C. The minimum Gasteiger partial charge on any atom is -0.497 e. The molecule has 0 radical (unpaired) electrons. The summed E-state index contributed by atoms with van der Waals surface area (Å²) >= 11 is 0. The minimum absolute atomic E-state index is 0.0338. The van der Waals surface area contributed by atoms with E-state index in [0.29, 0.717) is 6.61 Å². The monoisotopic (exact) mass is 485 g/mol. The highest BCUT2D eigenvalue weighted by molar-refractivity contribution is 5.90. The lowest BCUT2D eigenvalue weighted by Crippen LogP contribution is -2.41. The third kappa shape index (κ3) is 4.06. The van der Waals surface area contributed by atoms with Crippen molar-refractivity contribution in [3.8, 4) is 28.1 Å². The van der Waals surface area contributed by atoms with Gasteiger partial charge in [-0.15, -0.1) is 0 Å². The van der Waals surface area contributed by atoms with Crippen molar-refractivity contribution in [2.24, 2.45) is 0 Å². The number of carbonyl (C=O) groups is 1. The Morgan fingerprint density at radius 1 is 1.08 bits per heavy atom. The molecule has 8 heteroatoms. The first-order valence-electron chi connectivity index (χ1n) is 12.4. The van der Waals surface area contributed by atoms with Crippen LogP contribution in [-0.4, -0.2) is 56.4 Å². The Labute approximate surface area is 210 Å². The van der Waals surface area contributed by atoms with Gasteiger partial charge in [0, 0.05) is 42.2 Å². The molecule has 1 aliphatic heterocycles. The number of methoxy groups -OCH3 is 1. The molecule has 1 amide bonds. The predicted octanol–water partition coefficient (Wildman–Crippen LogP) is 5.58. The Kier molecular flexibility index (Phi) is 6.59. The molecule has 0 aliphatic carbocycles. The minimum atomic E-state index is -0.250. The van der Waals surface area contributed by atoms with Crippen molar-refractivity contribution < 1.29 is 14.3 Å². The van der Waals surface area contributed by atoms with Gasteiger partial charge in [-0.3, -0.25) is 4.98 Å². The Morgan fingerprint density at radius 2 is 1.89 bits per heavy atom. The van der Waals surface area contributed by atoms with Crippen LogP contribution in [0.2, 0.25) is 0 Å². The van der Waals surface area contributed by atoms with Crippen molar-refractivity contribution in [1.82, 2.24) is 24.5 Å². The lowest BCUT2D eigenvalue weighted by atomic mass is 9.95. The molecule has 5 rings (SSSR count). The van der Waals surface area contributed by atoms with E-state index in [4.69, 9.17) is 19.6 Å². The van der Waals surface area contributed by atoms with Crippen molar-refractivity contribution in [2.75, 3.05) is 13.7 Å². The summed E-state index contributed by atoms with van der Waals surface area (Å²) in [6.07, 6.45) is 6.84. The maximum atomic E-state index is 12.8. The summed E-state index contributed by atoms with van der Waals surface area (Å²) in [5.41, 5.74) is 5.48. The molecule has 186 valence electrons. The number of amides is 1.